The molecule has 142 valence electrons. The standard InChI is InChI=1S/C20H23BFNO4/c1-19(2)20(3,4)27-21(26-19)15-10-11-16(22)17(12-15)23-18(24)25-13-14-8-6-5-7-9-14/h5-12H,13H2,1-4H3,(H,23,24). The van der Waals surface area contributed by atoms with E-state index in [0.29, 0.717) is 5.46 Å². The van der Waals surface area contributed by atoms with Gasteiger partial charge in [-0.1, -0.05) is 36.4 Å². The number of benzene rings is 2. The normalized spacial score (nSPS) is 17.6. The van der Waals surface area contributed by atoms with Crippen LogP contribution in [0.4, 0.5) is 14.9 Å². The number of anilines is 1. The Balaban J connectivity index is 1.68. The molecular formula is C20H23BFNO4. The van der Waals surface area contributed by atoms with Crippen LogP contribution in [0.15, 0.2) is 48.5 Å². The molecule has 5 nitrogen and oxygen atoms in total. The van der Waals surface area contributed by atoms with Gasteiger partial charge in [-0.25, -0.2) is 9.18 Å². The third-order valence-electron chi connectivity index (χ3n) is 4.97. The molecule has 2 aromatic rings. The van der Waals surface area contributed by atoms with Gasteiger partial charge in [-0.05, 0) is 50.9 Å². The van der Waals surface area contributed by atoms with Crippen LogP contribution >= 0.6 is 0 Å². The molecule has 2 aromatic carbocycles. The lowest BCUT2D eigenvalue weighted by Gasteiger charge is -2.32. The molecule has 7 heteroatoms. The average molecular weight is 371 g/mol. The lowest BCUT2D eigenvalue weighted by molar-refractivity contribution is 0.00578. The summed E-state index contributed by atoms with van der Waals surface area (Å²) in [7, 11) is -0.642. The van der Waals surface area contributed by atoms with Crippen molar-refractivity contribution in [3.05, 3.63) is 59.9 Å². The third kappa shape index (κ3) is 4.31. The van der Waals surface area contributed by atoms with Crippen molar-refractivity contribution in [1.82, 2.24) is 0 Å². The van der Waals surface area contributed by atoms with Crippen molar-refractivity contribution in [1.29, 1.82) is 0 Å². The monoisotopic (exact) mass is 371 g/mol. The number of rotatable bonds is 4. The van der Waals surface area contributed by atoms with E-state index in [-0.39, 0.29) is 12.3 Å². The predicted octanol–water partition coefficient (Wildman–Crippen LogP) is 3.87. The number of nitrogens with one attached hydrogen (secondary N) is 1. The molecule has 0 bridgehead atoms. The zero-order chi connectivity index (χ0) is 19.7. The maximum absolute atomic E-state index is 14.1. The fraction of sp³-hybridized carbons (Fsp3) is 0.350. The molecule has 1 aliphatic rings. The molecule has 0 radical (unpaired) electrons. The molecular weight excluding hydrogens is 348 g/mol. The maximum Gasteiger partial charge on any atom is 0.494 e. The number of carbonyl (C=O) groups is 1. The summed E-state index contributed by atoms with van der Waals surface area (Å²) in [4.78, 5) is 12.0. The molecule has 1 N–H and O–H groups in total. The highest BCUT2D eigenvalue weighted by Crippen LogP contribution is 2.36. The highest BCUT2D eigenvalue weighted by molar-refractivity contribution is 6.62. The van der Waals surface area contributed by atoms with Crippen molar-refractivity contribution in [2.45, 2.75) is 45.5 Å². The Morgan fingerprint density at radius 1 is 1.07 bits per heavy atom. The first-order valence-electron chi connectivity index (χ1n) is 8.81. The van der Waals surface area contributed by atoms with Crippen LogP contribution in [-0.4, -0.2) is 24.4 Å². The Morgan fingerprint density at radius 3 is 2.33 bits per heavy atom. The molecule has 1 saturated heterocycles. The van der Waals surface area contributed by atoms with Crippen molar-refractivity contribution in [3.8, 4) is 0 Å². The number of amides is 1. The van der Waals surface area contributed by atoms with Crippen molar-refractivity contribution < 1.29 is 23.2 Å². The van der Waals surface area contributed by atoms with E-state index < -0.39 is 30.2 Å². The second-order valence-corrected chi connectivity index (χ2v) is 7.51. The summed E-state index contributed by atoms with van der Waals surface area (Å²) < 4.78 is 31.2. The van der Waals surface area contributed by atoms with Gasteiger partial charge in [-0.2, -0.15) is 0 Å². The zero-order valence-electron chi connectivity index (χ0n) is 15.9. The molecule has 3 rings (SSSR count). The van der Waals surface area contributed by atoms with Crippen molar-refractivity contribution in [3.63, 3.8) is 0 Å². The summed E-state index contributed by atoms with van der Waals surface area (Å²) in [6.07, 6.45) is -0.733. The highest BCUT2D eigenvalue weighted by Gasteiger charge is 2.51. The van der Waals surface area contributed by atoms with E-state index in [4.69, 9.17) is 14.0 Å². The van der Waals surface area contributed by atoms with Gasteiger partial charge in [0.2, 0.25) is 0 Å². The summed E-state index contributed by atoms with van der Waals surface area (Å²) in [5.41, 5.74) is 0.468. The van der Waals surface area contributed by atoms with E-state index in [1.807, 2.05) is 58.0 Å². The molecule has 0 aliphatic carbocycles. The molecule has 1 aliphatic heterocycles. The van der Waals surface area contributed by atoms with Gasteiger partial charge in [0.05, 0.1) is 16.9 Å². The molecule has 0 saturated carbocycles. The SMILES string of the molecule is CC1(C)OB(c2ccc(F)c(NC(=O)OCc3ccccc3)c2)OC1(C)C. The topological polar surface area (TPSA) is 56.8 Å². The van der Waals surface area contributed by atoms with Crippen LogP contribution in [0.1, 0.15) is 33.3 Å². The van der Waals surface area contributed by atoms with E-state index in [0.717, 1.165) is 5.56 Å². The summed E-state index contributed by atoms with van der Waals surface area (Å²) in [6, 6.07) is 13.6. The Kier molecular flexibility index (Phi) is 5.26. The van der Waals surface area contributed by atoms with Gasteiger partial charge in [0.25, 0.3) is 0 Å². The molecule has 0 aromatic heterocycles. The number of halogens is 1. The van der Waals surface area contributed by atoms with E-state index in [1.165, 1.54) is 12.1 Å². The van der Waals surface area contributed by atoms with Gasteiger partial charge in [0, 0.05) is 0 Å². The van der Waals surface area contributed by atoms with Crippen molar-refractivity contribution >= 4 is 24.4 Å². The number of carbonyl (C=O) groups excluding carboxylic acids is 1. The minimum atomic E-state index is -0.733. The second kappa shape index (κ2) is 7.33. The zero-order valence-corrected chi connectivity index (χ0v) is 15.9. The molecule has 1 heterocycles. The minimum Gasteiger partial charge on any atom is -0.444 e. The smallest absolute Gasteiger partial charge is 0.444 e. The fourth-order valence-corrected chi connectivity index (χ4v) is 2.63. The quantitative estimate of drug-likeness (QED) is 0.829. The Hall–Kier alpha value is -2.38. The summed E-state index contributed by atoms with van der Waals surface area (Å²) in [5, 5.41) is 2.44. The van der Waals surface area contributed by atoms with Crippen LogP contribution in [0.25, 0.3) is 0 Å². The van der Waals surface area contributed by atoms with Crippen molar-refractivity contribution in [2.24, 2.45) is 0 Å². The lowest BCUT2D eigenvalue weighted by atomic mass is 9.79. The van der Waals surface area contributed by atoms with Crippen molar-refractivity contribution in [2.75, 3.05) is 5.32 Å². The summed E-state index contributed by atoms with van der Waals surface area (Å²) >= 11 is 0. The van der Waals surface area contributed by atoms with Crippen LogP contribution in [0.3, 0.4) is 0 Å². The summed E-state index contributed by atoms with van der Waals surface area (Å²) in [5.74, 6) is -0.563. The van der Waals surface area contributed by atoms with Crippen LogP contribution in [0.5, 0.6) is 0 Å². The minimum absolute atomic E-state index is 0.0141. The van der Waals surface area contributed by atoms with Crippen LogP contribution in [0, 0.1) is 5.82 Å². The van der Waals surface area contributed by atoms with E-state index in [2.05, 4.69) is 5.32 Å². The number of hydrogen-bond acceptors (Lipinski definition) is 4. The van der Waals surface area contributed by atoms with E-state index in [1.54, 1.807) is 6.07 Å². The molecule has 0 unspecified atom stereocenters. The van der Waals surface area contributed by atoms with Crippen LogP contribution in [0.2, 0.25) is 0 Å². The number of hydrogen-bond donors (Lipinski definition) is 1. The second-order valence-electron chi connectivity index (χ2n) is 7.51. The third-order valence-corrected chi connectivity index (χ3v) is 4.97. The molecule has 1 fully saturated rings. The fourth-order valence-electron chi connectivity index (χ4n) is 2.63. The summed E-state index contributed by atoms with van der Waals surface area (Å²) in [6.45, 7) is 7.87. The van der Waals surface area contributed by atoms with Crippen LogP contribution < -0.4 is 10.8 Å². The van der Waals surface area contributed by atoms with Gasteiger partial charge in [-0.3, -0.25) is 5.32 Å². The average Bonchev–Trinajstić information content (AvgIpc) is 2.83. The lowest BCUT2D eigenvalue weighted by Crippen LogP contribution is -2.41. The highest BCUT2D eigenvalue weighted by atomic mass is 19.1. The molecule has 0 atom stereocenters. The Labute approximate surface area is 159 Å². The Morgan fingerprint density at radius 2 is 1.70 bits per heavy atom. The van der Waals surface area contributed by atoms with E-state index >= 15 is 0 Å². The first-order chi connectivity index (χ1) is 12.7. The first kappa shape index (κ1) is 19.4. The van der Waals surface area contributed by atoms with E-state index in [9.17, 15) is 9.18 Å². The predicted molar refractivity (Wildman–Crippen MR) is 102 cm³/mol. The van der Waals surface area contributed by atoms with Crippen LogP contribution in [-0.2, 0) is 20.7 Å². The largest absolute Gasteiger partial charge is 0.494 e. The van der Waals surface area contributed by atoms with Gasteiger partial charge in [0.15, 0.2) is 0 Å². The first-order valence-corrected chi connectivity index (χ1v) is 8.81. The molecule has 0 spiro atoms. The Bertz CT molecular complexity index is 810. The van der Waals surface area contributed by atoms with Gasteiger partial charge >= 0.3 is 13.2 Å². The number of ether oxygens (including phenoxy) is 1. The van der Waals surface area contributed by atoms with Gasteiger partial charge < -0.3 is 14.0 Å². The molecule has 1 amide bonds. The van der Waals surface area contributed by atoms with Gasteiger partial charge in [0.1, 0.15) is 12.4 Å². The van der Waals surface area contributed by atoms with Gasteiger partial charge in [-0.15, -0.1) is 0 Å². The molecule has 27 heavy (non-hydrogen) atoms. The maximum atomic E-state index is 14.1.